The second-order valence-corrected chi connectivity index (χ2v) is 11.3. The molecule has 0 atom stereocenters. The van der Waals surface area contributed by atoms with E-state index in [1.54, 1.807) is 0 Å². The topological polar surface area (TPSA) is 133 Å². The third-order valence-electron chi connectivity index (χ3n) is 6.67. The minimum Gasteiger partial charge on any atom is -0.483 e. The Balaban J connectivity index is 1.38. The van der Waals surface area contributed by atoms with E-state index in [0.29, 0.717) is 11.8 Å². The number of nitrogens with zero attached hydrogens (tertiary/aromatic N) is 7. The summed E-state index contributed by atoms with van der Waals surface area (Å²) in [6.45, 7) is 0.842. The van der Waals surface area contributed by atoms with Crippen molar-refractivity contribution in [1.29, 1.82) is 0 Å². The molecule has 5 rings (SSSR count). The third kappa shape index (κ3) is 5.98. The number of hydrogen-bond acceptors (Lipinski definition) is 10. The van der Waals surface area contributed by atoms with Gasteiger partial charge in [-0.3, -0.25) is 4.79 Å². The molecule has 12 nitrogen and oxygen atoms in total. The first-order chi connectivity index (χ1) is 18.7. The van der Waals surface area contributed by atoms with Crippen molar-refractivity contribution >= 4 is 15.7 Å². The molecule has 0 unspecified atom stereocenters. The number of rotatable bonds is 8. The highest BCUT2D eigenvalue weighted by Gasteiger charge is 2.31. The van der Waals surface area contributed by atoms with Gasteiger partial charge in [0.2, 0.25) is 15.8 Å². The van der Waals surface area contributed by atoms with Crippen molar-refractivity contribution in [1.82, 2.24) is 29.3 Å². The maximum absolute atomic E-state index is 13.9. The number of methoxy groups -OCH3 is 1. The van der Waals surface area contributed by atoms with Crippen molar-refractivity contribution in [2.24, 2.45) is 0 Å². The molecule has 0 bridgehead atoms. The van der Waals surface area contributed by atoms with Crippen LogP contribution in [0.4, 0.5) is 14.5 Å². The van der Waals surface area contributed by atoms with Crippen LogP contribution in [0.15, 0.2) is 35.4 Å². The van der Waals surface area contributed by atoms with Gasteiger partial charge in [-0.25, -0.2) is 17.2 Å². The van der Waals surface area contributed by atoms with E-state index in [1.165, 1.54) is 23.8 Å². The van der Waals surface area contributed by atoms with Crippen LogP contribution in [0.3, 0.4) is 0 Å². The third-order valence-corrected chi connectivity index (χ3v) is 8.48. The first kappa shape index (κ1) is 26.9. The Morgan fingerprint density at radius 3 is 2.38 bits per heavy atom. The quantitative estimate of drug-likeness (QED) is 0.399. The summed E-state index contributed by atoms with van der Waals surface area (Å²) in [6, 6.07) is 2.72. The van der Waals surface area contributed by atoms with E-state index in [-0.39, 0.29) is 61.2 Å². The monoisotopic (exact) mass is 563 g/mol. The van der Waals surface area contributed by atoms with E-state index in [1.807, 2.05) is 4.90 Å². The lowest BCUT2D eigenvalue weighted by atomic mass is 10.2. The number of ether oxygens (including phenoxy) is 2. The first-order valence-electron chi connectivity index (χ1n) is 12.4. The molecule has 0 radical (unpaired) electrons. The molecule has 2 aromatic heterocycles. The largest absolute Gasteiger partial charge is 0.483 e. The van der Waals surface area contributed by atoms with Gasteiger partial charge in [-0.15, -0.1) is 0 Å². The fourth-order valence-electron chi connectivity index (χ4n) is 4.74. The summed E-state index contributed by atoms with van der Waals surface area (Å²) in [4.78, 5) is 19.3. The average molecular weight is 564 g/mol. The molecule has 0 N–H and O–H groups in total. The van der Waals surface area contributed by atoms with Gasteiger partial charge in [0.25, 0.3) is 0 Å². The highest BCUT2D eigenvalue weighted by molar-refractivity contribution is 7.88. The maximum atomic E-state index is 13.9. The molecule has 39 heavy (non-hydrogen) atoms. The van der Waals surface area contributed by atoms with Gasteiger partial charge in [0, 0.05) is 32.2 Å². The van der Waals surface area contributed by atoms with Crippen molar-refractivity contribution in [2.45, 2.75) is 37.5 Å². The molecule has 1 aliphatic carbocycles. The van der Waals surface area contributed by atoms with E-state index >= 15 is 0 Å². The zero-order chi connectivity index (χ0) is 27.6. The molecule has 2 fully saturated rings. The summed E-state index contributed by atoms with van der Waals surface area (Å²) in [7, 11) is -2.35. The van der Waals surface area contributed by atoms with Crippen molar-refractivity contribution in [3.05, 3.63) is 58.3 Å². The Hall–Kier alpha value is -3.72. The minimum absolute atomic E-state index is 0.0227. The smallest absolute Gasteiger partial charge is 0.335 e. The summed E-state index contributed by atoms with van der Waals surface area (Å²) in [5.41, 5.74) is -0.100. The molecule has 1 aromatic carbocycles. The van der Waals surface area contributed by atoms with E-state index < -0.39 is 27.2 Å². The summed E-state index contributed by atoms with van der Waals surface area (Å²) >= 11 is 0. The SMILES string of the molecule is COc1nncc(CS(=O)(=O)N2CCN(c3cnn(-c4cc(F)cc(F)c4)c(=O)c3OC3CCCC3)CC2)n1. The molecule has 1 saturated carbocycles. The van der Waals surface area contributed by atoms with Crippen LogP contribution < -0.4 is 19.9 Å². The Bertz CT molecular complexity index is 1490. The summed E-state index contributed by atoms with van der Waals surface area (Å²) < 4.78 is 67.1. The molecule has 1 aliphatic heterocycles. The predicted octanol–water partition coefficient (Wildman–Crippen LogP) is 1.68. The number of benzene rings is 1. The van der Waals surface area contributed by atoms with Gasteiger partial charge in [-0.05, 0) is 37.8 Å². The predicted molar refractivity (Wildman–Crippen MR) is 135 cm³/mol. The molecule has 208 valence electrons. The lowest BCUT2D eigenvalue weighted by Crippen LogP contribution is -2.49. The number of halogens is 2. The highest BCUT2D eigenvalue weighted by atomic mass is 32.2. The van der Waals surface area contributed by atoms with Gasteiger partial charge in [-0.1, -0.05) is 5.10 Å². The van der Waals surface area contributed by atoms with Crippen LogP contribution >= 0.6 is 0 Å². The van der Waals surface area contributed by atoms with Crippen LogP contribution in [0.5, 0.6) is 11.8 Å². The summed E-state index contributed by atoms with van der Waals surface area (Å²) in [5.74, 6) is -2.02. The molecule has 1 saturated heterocycles. The molecule has 3 heterocycles. The molecule has 0 amide bonds. The van der Waals surface area contributed by atoms with Crippen molar-refractivity contribution in [2.75, 3.05) is 38.2 Å². The average Bonchev–Trinajstić information content (AvgIpc) is 3.42. The van der Waals surface area contributed by atoms with E-state index in [0.717, 1.165) is 42.5 Å². The number of anilines is 1. The Labute approximate surface area is 223 Å². The van der Waals surface area contributed by atoms with Crippen molar-refractivity contribution in [3.8, 4) is 17.4 Å². The fourth-order valence-corrected chi connectivity index (χ4v) is 6.16. The molecule has 0 spiro atoms. The van der Waals surface area contributed by atoms with Gasteiger partial charge in [0.15, 0.2) is 0 Å². The van der Waals surface area contributed by atoms with Crippen LogP contribution in [0, 0.1) is 11.6 Å². The van der Waals surface area contributed by atoms with Crippen LogP contribution in [0.25, 0.3) is 5.69 Å². The van der Waals surface area contributed by atoms with Crippen LogP contribution in [-0.4, -0.2) is 77.1 Å². The van der Waals surface area contributed by atoms with Crippen molar-refractivity contribution < 1.29 is 26.7 Å². The number of piperazine rings is 1. The minimum atomic E-state index is -3.72. The Kier molecular flexibility index (Phi) is 7.70. The zero-order valence-corrected chi connectivity index (χ0v) is 22.0. The molecule has 15 heteroatoms. The van der Waals surface area contributed by atoms with Gasteiger partial charge >= 0.3 is 11.6 Å². The zero-order valence-electron chi connectivity index (χ0n) is 21.2. The number of sulfonamides is 1. The van der Waals surface area contributed by atoms with Gasteiger partial charge in [-0.2, -0.15) is 24.2 Å². The molecular formula is C24H27F2N7O5S. The fraction of sp³-hybridized carbons (Fsp3) is 0.458. The van der Waals surface area contributed by atoms with Gasteiger partial charge < -0.3 is 14.4 Å². The van der Waals surface area contributed by atoms with E-state index in [9.17, 15) is 22.0 Å². The van der Waals surface area contributed by atoms with Crippen LogP contribution in [0.1, 0.15) is 31.4 Å². The Morgan fingerprint density at radius 2 is 1.72 bits per heavy atom. The lowest BCUT2D eigenvalue weighted by molar-refractivity contribution is 0.205. The second-order valence-electron chi connectivity index (χ2n) is 9.30. The normalized spacial score (nSPS) is 16.9. The van der Waals surface area contributed by atoms with E-state index in [2.05, 4.69) is 20.3 Å². The Morgan fingerprint density at radius 1 is 1.03 bits per heavy atom. The lowest BCUT2D eigenvalue weighted by Gasteiger charge is -2.35. The maximum Gasteiger partial charge on any atom is 0.335 e. The number of aromatic nitrogens is 5. The summed E-state index contributed by atoms with van der Waals surface area (Å²) in [6.07, 6.45) is 6.02. The first-order valence-corrected chi connectivity index (χ1v) is 14.1. The standard InChI is InChI=1S/C24H27F2N7O5S/c1-37-24-29-18(13-27-30-24)15-39(35,36)32-8-6-31(7-9-32)21-14-28-33(19-11-16(25)10-17(26)12-19)23(34)22(21)38-20-4-2-3-5-20/h10-14,20H,2-9,15H2,1H3. The van der Waals surface area contributed by atoms with Gasteiger partial charge in [0.05, 0.1) is 37.0 Å². The second kappa shape index (κ2) is 11.2. The van der Waals surface area contributed by atoms with E-state index in [4.69, 9.17) is 9.47 Å². The molecule has 2 aliphatic rings. The highest BCUT2D eigenvalue weighted by Crippen LogP contribution is 2.30. The van der Waals surface area contributed by atoms with Gasteiger partial charge in [0.1, 0.15) is 23.1 Å². The van der Waals surface area contributed by atoms with Crippen LogP contribution in [-0.2, 0) is 15.8 Å². The molecular weight excluding hydrogens is 536 g/mol. The number of hydrogen-bond donors (Lipinski definition) is 0. The molecule has 3 aromatic rings. The van der Waals surface area contributed by atoms with Crippen molar-refractivity contribution in [3.63, 3.8) is 0 Å². The summed E-state index contributed by atoms with van der Waals surface area (Å²) in [5, 5.41) is 11.5. The van der Waals surface area contributed by atoms with Crippen LogP contribution in [0.2, 0.25) is 0 Å².